The van der Waals surface area contributed by atoms with Crippen LogP contribution in [0.5, 0.6) is 0 Å². The summed E-state index contributed by atoms with van der Waals surface area (Å²) in [4.78, 5) is 48.7. The lowest BCUT2D eigenvalue weighted by Gasteiger charge is -2.43. The fourth-order valence-corrected chi connectivity index (χ4v) is 17.0. The highest BCUT2D eigenvalue weighted by molar-refractivity contribution is 6.34. The molecule has 2 saturated heterocycles. The number of halogens is 3. The molecule has 0 amide bonds. The third-order valence-corrected chi connectivity index (χ3v) is 23.0. The van der Waals surface area contributed by atoms with E-state index in [1.165, 1.54) is 25.9 Å². The van der Waals surface area contributed by atoms with E-state index in [2.05, 4.69) is 171 Å². The molecule has 106 heavy (non-hydrogen) atoms. The van der Waals surface area contributed by atoms with Gasteiger partial charge in [0.05, 0.1) is 70.5 Å². The quantitative estimate of drug-likeness (QED) is 0.0963. The van der Waals surface area contributed by atoms with Crippen LogP contribution in [0.2, 0.25) is 15.5 Å². The average Bonchev–Trinajstić information content (AvgIpc) is 1.60. The Morgan fingerprint density at radius 3 is 1.12 bits per heavy atom. The van der Waals surface area contributed by atoms with Crippen molar-refractivity contribution >= 4 is 84.1 Å². The summed E-state index contributed by atoms with van der Waals surface area (Å²) in [5.41, 5.74) is 17.2. The number of benzene rings is 6. The van der Waals surface area contributed by atoms with Gasteiger partial charge in [0.15, 0.2) is 15.5 Å². The SMILES string of the molecule is COCCNC1CC(c2nc(-c3ccc4ccc(-c5ccccc5)nc4c3)c3c(Cl)nccn23)C1.Clc1nccn2c(C3CC(N4CCCC4)C3)nc(-c3ccc4ccc(-c5ccccc5)nc4c3)c12.Clc1nccn2c(C3CC(N4CCOCC4)C3)nc(-c3ccc4ccc(-c5ccccc5)nc4c3)c12. The molecular formula is C86H78Cl3N15O2. The van der Waals surface area contributed by atoms with Gasteiger partial charge in [0, 0.05) is 149 Å². The molecule has 1 N–H and O–H groups in total. The van der Waals surface area contributed by atoms with Crippen LogP contribution in [-0.2, 0) is 9.47 Å². The molecule has 0 atom stereocenters. The molecule has 5 aliphatic rings. The Kier molecular flexibility index (Phi) is 19.1. The van der Waals surface area contributed by atoms with Crippen LogP contribution in [-0.4, -0.2) is 146 Å². The minimum absolute atomic E-state index is 0.373. The van der Waals surface area contributed by atoms with E-state index in [1.807, 2.05) is 73.2 Å². The zero-order chi connectivity index (χ0) is 71.2. The number of morpholine rings is 1. The van der Waals surface area contributed by atoms with Gasteiger partial charge in [-0.2, -0.15) is 0 Å². The van der Waals surface area contributed by atoms with Gasteiger partial charge in [-0.25, -0.2) is 44.9 Å². The van der Waals surface area contributed by atoms with Gasteiger partial charge in [0.25, 0.3) is 0 Å². The highest BCUT2D eigenvalue weighted by Crippen LogP contribution is 2.46. The highest BCUT2D eigenvalue weighted by atomic mass is 35.5. The zero-order valence-electron chi connectivity index (χ0n) is 58.8. The van der Waals surface area contributed by atoms with Crippen LogP contribution in [0.15, 0.2) is 219 Å². The summed E-state index contributed by atoms with van der Waals surface area (Å²) in [7, 11) is 1.73. The fourth-order valence-electron chi connectivity index (χ4n) is 16.2. The van der Waals surface area contributed by atoms with Gasteiger partial charge < -0.3 is 19.7 Å². The fraction of sp³-hybridized carbons (Fsp3) is 0.267. The van der Waals surface area contributed by atoms with Gasteiger partial charge in [-0.05, 0) is 101 Å². The van der Waals surface area contributed by atoms with Gasteiger partial charge in [-0.3, -0.25) is 18.1 Å². The molecule has 0 unspecified atom stereocenters. The van der Waals surface area contributed by atoms with E-state index in [1.54, 1.807) is 25.7 Å². The third kappa shape index (κ3) is 13.5. The van der Waals surface area contributed by atoms with Crippen LogP contribution in [0.1, 0.15) is 86.6 Å². The van der Waals surface area contributed by atoms with Crippen molar-refractivity contribution in [2.75, 3.05) is 59.7 Å². The predicted octanol–water partition coefficient (Wildman–Crippen LogP) is 18.2. The minimum atomic E-state index is 0.373. The number of hydrogen-bond donors (Lipinski definition) is 1. The maximum atomic E-state index is 6.66. The average molecular weight is 1460 g/mol. The van der Waals surface area contributed by atoms with E-state index < -0.39 is 0 Å². The van der Waals surface area contributed by atoms with Crippen molar-refractivity contribution in [2.24, 2.45) is 0 Å². The van der Waals surface area contributed by atoms with Crippen molar-refractivity contribution in [1.29, 1.82) is 0 Å². The molecule has 530 valence electrons. The Morgan fingerprint density at radius 2 is 0.755 bits per heavy atom. The Balaban J connectivity index is 0.000000113. The first kappa shape index (κ1) is 67.9. The lowest BCUT2D eigenvalue weighted by molar-refractivity contribution is -0.00778. The topological polar surface area (TPSA) is 166 Å². The lowest BCUT2D eigenvalue weighted by Crippen LogP contribution is -2.49. The zero-order valence-corrected chi connectivity index (χ0v) is 61.0. The van der Waals surface area contributed by atoms with Gasteiger partial charge >= 0.3 is 0 Å². The molecule has 3 aliphatic carbocycles. The summed E-state index contributed by atoms with van der Waals surface area (Å²) < 4.78 is 17.1. The number of imidazole rings is 3. The van der Waals surface area contributed by atoms with E-state index in [9.17, 15) is 0 Å². The first-order chi connectivity index (χ1) is 52.2. The maximum Gasteiger partial charge on any atom is 0.155 e. The van der Waals surface area contributed by atoms with Crippen molar-refractivity contribution in [1.82, 2.24) is 73.2 Å². The Morgan fingerprint density at radius 1 is 0.406 bits per heavy atom. The second-order valence-electron chi connectivity index (χ2n) is 28.5. The van der Waals surface area contributed by atoms with E-state index in [4.69, 9.17) is 74.2 Å². The summed E-state index contributed by atoms with van der Waals surface area (Å²) >= 11 is 19.9. The van der Waals surface area contributed by atoms with Crippen molar-refractivity contribution in [3.63, 3.8) is 0 Å². The number of aromatic nitrogens is 12. The molecule has 2 aliphatic heterocycles. The second-order valence-corrected chi connectivity index (χ2v) is 29.6. The van der Waals surface area contributed by atoms with Crippen LogP contribution in [0.3, 0.4) is 0 Å². The summed E-state index contributed by atoms with van der Waals surface area (Å²) in [5, 5.41) is 8.26. The number of likely N-dealkylation sites (tertiary alicyclic amines) is 1. The first-order valence-corrected chi connectivity index (χ1v) is 38.1. The van der Waals surface area contributed by atoms with Crippen LogP contribution in [0, 0.1) is 0 Å². The third-order valence-electron chi connectivity index (χ3n) is 22.1. The lowest BCUT2D eigenvalue weighted by atomic mass is 9.78. The van der Waals surface area contributed by atoms with Crippen LogP contribution >= 0.6 is 34.8 Å². The molecule has 5 fully saturated rings. The van der Waals surface area contributed by atoms with E-state index in [0.717, 1.165) is 212 Å². The van der Waals surface area contributed by atoms with E-state index in [0.29, 0.717) is 51.3 Å². The molecule has 20 rings (SSSR count). The molecule has 15 aromatic rings. The molecule has 20 heteroatoms. The Bertz CT molecular complexity index is 5690. The summed E-state index contributed by atoms with van der Waals surface area (Å²) in [5.74, 6) is 4.43. The smallest absolute Gasteiger partial charge is 0.155 e. The highest BCUT2D eigenvalue weighted by Gasteiger charge is 2.40. The van der Waals surface area contributed by atoms with E-state index in [-0.39, 0.29) is 0 Å². The molecule has 0 radical (unpaired) electrons. The largest absolute Gasteiger partial charge is 0.383 e. The summed E-state index contributed by atoms with van der Waals surface area (Å²) in [6, 6.07) is 64.2. The van der Waals surface area contributed by atoms with Gasteiger partial charge in [-0.1, -0.05) is 180 Å². The molecule has 6 aromatic carbocycles. The first-order valence-electron chi connectivity index (χ1n) is 37.0. The van der Waals surface area contributed by atoms with Crippen LogP contribution in [0.4, 0.5) is 0 Å². The van der Waals surface area contributed by atoms with Crippen molar-refractivity contribution in [3.8, 4) is 67.5 Å². The number of rotatable bonds is 15. The second kappa shape index (κ2) is 29.8. The Hall–Kier alpha value is -9.92. The number of pyridine rings is 3. The summed E-state index contributed by atoms with van der Waals surface area (Å²) in [6.45, 7) is 7.80. The minimum Gasteiger partial charge on any atom is -0.383 e. The predicted molar refractivity (Wildman–Crippen MR) is 423 cm³/mol. The molecule has 11 heterocycles. The molecule has 17 nitrogen and oxygen atoms in total. The van der Waals surface area contributed by atoms with E-state index >= 15 is 0 Å². The number of ether oxygens (including phenoxy) is 2. The number of nitrogens with one attached hydrogen (secondary N) is 1. The molecule has 9 aromatic heterocycles. The van der Waals surface area contributed by atoms with Gasteiger partial charge in [-0.15, -0.1) is 0 Å². The molecule has 0 spiro atoms. The van der Waals surface area contributed by atoms with Crippen molar-refractivity contribution in [2.45, 2.75) is 87.2 Å². The number of fused-ring (bicyclic) bond motifs is 6. The van der Waals surface area contributed by atoms with Crippen molar-refractivity contribution < 1.29 is 9.47 Å². The normalized spacial score (nSPS) is 19.6. The number of hydrogen-bond acceptors (Lipinski definition) is 14. The monoisotopic (exact) mass is 1460 g/mol. The molecular weight excluding hydrogens is 1380 g/mol. The maximum absolute atomic E-state index is 6.66. The number of nitrogens with zero attached hydrogens (tertiary/aromatic N) is 14. The Labute approximate surface area is 629 Å². The van der Waals surface area contributed by atoms with Crippen LogP contribution < -0.4 is 5.32 Å². The van der Waals surface area contributed by atoms with Gasteiger partial charge in [0.2, 0.25) is 0 Å². The van der Waals surface area contributed by atoms with Gasteiger partial charge in [0.1, 0.15) is 34.0 Å². The van der Waals surface area contributed by atoms with Crippen molar-refractivity contribution in [3.05, 3.63) is 252 Å². The molecule has 0 bridgehead atoms. The summed E-state index contributed by atoms with van der Waals surface area (Å²) in [6.07, 6.45) is 20.5. The number of methoxy groups -OCH3 is 1. The molecule has 3 saturated carbocycles. The standard InChI is InChI=1S/C29H26ClN5O.C29H26ClN5.C28H26ClN5O/c30-28-27-26(21-7-6-20-8-9-24(32-25(20)18-21)19-4-2-1-3-5-19)33-29(35(27)11-10-31-28)22-16-23(17-22)34-12-14-36-15-13-34;30-28-27-26(21-9-8-20-10-11-24(32-25(20)18-21)19-6-2-1-3-7-19)33-29(35(27)15-12-31-28)22-16-23(17-22)34-13-4-5-14-34;1-35-14-12-30-22-15-21(16-22)28-33-25(26-27(29)31-11-13-34(26)28)20-8-7-19-9-10-23(32-24(19)17-20)18-5-3-2-4-6-18/h1-11,18,22-23H,12-17H2;1-3,6-12,15,18,22-23H,4-5,13-14,16-17H2;2-11,13,17,21-22,30H,12,14-16H2,1H3. The van der Waals surface area contributed by atoms with Crippen LogP contribution in [0.25, 0.3) is 117 Å².